The summed E-state index contributed by atoms with van der Waals surface area (Å²) in [6.45, 7) is 4.96. The van der Waals surface area contributed by atoms with Crippen molar-refractivity contribution < 1.29 is 9.53 Å². The molecule has 0 aliphatic carbocycles. The summed E-state index contributed by atoms with van der Waals surface area (Å²) in [5.74, 6) is 0.844. The SMILES string of the molecule is Cc1ccccc1OCCNC(=O)C(C)Cc1cccc2ccccc12. The van der Waals surface area contributed by atoms with Crippen LogP contribution in [0.15, 0.2) is 66.7 Å². The van der Waals surface area contributed by atoms with Crippen LogP contribution in [0.2, 0.25) is 0 Å². The number of carbonyl (C=O) groups is 1. The Labute approximate surface area is 155 Å². The third-order valence-electron chi connectivity index (χ3n) is 4.61. The quantitative estimate of drug-likeness (QED) is 0.638. The van der Waals surface area contributed by atoms with Crippen molar-refractivity contribution in [3.63, 3.8) is 0 Å². The number of ether oxygens (including phenoxy) is 1. The molecule has 3 nitrogen and oxygen atoms in total. The number of nitrogens with one attached hydrogen (secondary N) is 1. The molecule has 3 aromatic carbocycles. The predicted octanol–water partition coefficient (Wildman–Crippen LogP) is 4.52. The largest absolute Gasteiger partial charge is 0.491 e. The van der Waals surface area contributed by atoms with Gasteiger partial charge in [0.25, 0.3) is 0 Å². The first-order chi connectivity index (χ1) is 12.6. The molecule has 3 aromatic rings. The molecule has 134 valence electrons. The van der Waals surface area contributed by atoms with Gasteiger partial charge >= 0.3 is 0 Å². The van der Waals surface area contributed by atoms with Crippen LogP contribution in [0.1, 0.15) is 18.1 Å². The Morgan fingerprint density at radius 1 is 1.00 bits per heavy atom. The van der Waals surface area contributed by atoms with Crippen LogP contribution in [0.5, 0.6) is 5.75 Å². The molecule has 0 aliphatic rings. The Hall–Kier alpha value is -2.81. The Kier molecular flexibility index (Phi) is 5.90. The highest BCUT2D eigenvalue weighted by molar-refractivity contribution is 5.86. The number of fused-ring (bicyclic) bond motifs is 1. The molecule has 0 bridgehead atoms. The minimum Gasteiger partial charge on any atom is -0.491 e. The van der Waals surface area contributed by atoms with E-state index in [0.29, 0.717) is 13.2 Å². The van der Waals surface area contributed by atoms with Gasteiger partial charge in [-0.05, 0) is 41.3 Å². The highest BCUT2D eigenvalue weighted by atomic mass is 16.5. The molecule has 0 saturated carbocycles. The maximum atomic E-state index is 12.4. The van der Waals surface area contributed by atoms with Gasteiger partial charge in [-0.2, -0.15) is 0 Å². The fraction of sp³-hybridized carbons (Fsp3) is 0.261. The average molecular weight is 347 g/mol. The normalized spacial score (nSPS) is 11.9. The van der Waals surface area contributed by atoms with Gasteiger partial charge in [-0.3, -0.25) is 4.79 Å². The zero-order chi connectivity index (χ0) is 18.4. The highest BCUT2D eigenvalue weighted by Crippen LogP contribution is 2.21. The van der Waals surface area contributed by atoms with Crippen LogP contribution in [-0.2, 0) is 11.2 Å². The lowest BCUT2D eigenvalue weighted by Crippen LogP contribution is -2.33. The third-order valence-corrected chi connectivity index (χ3v) is 4.61. The molecule has 3 heteroatoms. The number of hydrogen-bond donors (Lipinski definition) is 1. The molecular weight excluding hydrogens is 322 g/mol. The van der Waals surface area contributed by atoms with Crippen molar-refractivity contribution in [1.82, 2.24) is 5.32 Å². The Bertz CT molecular complexity index is 883. The van der Waals surface area contributed by atoms with E-state index in [-0.39, 0.29) is 11.8 Å². The average Bonchev–Trinajstić information content (AvgIpc) is 2.66. The van der Waals surface area contributed by atoms with Crippen LogP contribution in [0.4, 0.5) is 0 Å². The number of hydrogen-bond acceptors (Lipinski definition) is 2. The lowest BCUT2D eigenvalue weighted by atomic mass is 9.95. The Morgan fingerprint density at radius 3 is 2.58 bits per heavy atom. The van der Waals surface area contributed by atoms with Crippen molar-refractivity contribution in [3.8, 4) is 5.75 Å². The van der Waals surface area contributed by atoms with Gasteiger partial charge in [0.05, 0.1) is 6.54 Å². The predicted molar refractivity (Wildman–Crippen MR) is 106 cm³/mol. The van der Waals surface area contributed by atoms with Gasteiger partial charge in [0, 0.05) is 5.92 Å². The number of rotatable bonds is 7. The molecule has 0 aromatic heterocycles. The Balaban J connectivity index is 1.51. The number of benzene rings is 3. The lowest BCUT2D eigenvalue weighted by molar-refractivity contribution is -0.124. The summed E-state index contributed by atoms with van der Waals surface area (Å²) < 4.78 is 5.73. The number of carbonyl (C=O) groups excluding carboxylic acids is 1. The smallest absolute Gasteiger partial charge is 0.223 e. The van der Waals surface area contributed by atoms with E-state index >= 15 is 0 Å². The maximum Gasteiger partial charge on any atom is 0.223 e. The first-order valence-electron chi connectivity index (χ1n) is 9.08. The zero-order valence-corrected chi connectivity index (χ0v) is 15.4. The second-order valence-corrected chi connectivity index (χ2v) is 6.65. The van der Waals surface area contributed by atoms with Gasteiger partial charge in [0.2, 0.25) is 5.91 Å². The molecule has 0 fully saturated rings. The fourth-order valence-electron chi connectivity index (χ4n) is 3.12. The third kappa shape index (κ3) is 4.42. The summed E-state index contributed by atoms with van der Waals surface area (Å²) in [5.41, 5.74) is 2.31. The number of amides is 1. The van der Waals surface area contributed by atoms with Gasteiger partial charge in [0.15, 0.2) is 0 Å². The van der Waals surface area contributed by atoms with Crippen molar-refractivity contribution in [2.75, 3.05) is 13.2 Å². The molecule has 1 N–H and O–H groups in total. The van der Waals surface area contributed by atoms with Crippen LogP contribution in [0, 0.1) is 12.8 Å². The van der Waals surface area contributed by atoms with E-state index < -0.39 is 0 Å². The van der Waals surface area contributed by atoms with Gasteiger partial charge in [0.1, 0.15) is 12.4 Å². The van der Waals surface area contributed by atoms with Crippen LogP contribution < -0.4 is 10.1 Å². The van der Waals surface area contributed by atoms with Crippen molar-refractivity contribution in [1.29, 1.82) is 0 Å². The molecule has 0 spiro atoms. The molecule has 3 rings (SSSR count). The molecule has 1 amide bonds. The van der Waals surface area contributed by atoms with Gasteiger partial charge in [-0.1, -0.05) is 67.6 Å². The number of aryl methyl sites for hydroxylation is 1. The van der Waals surface area contributed by atoms with Gasteiger partial charge in [-0.15, -0.1) is 0 Å². The molecule has 0 heterocycles. The van der Waals surface area contributed by atoms with Crippen LogP contribution in [0.25, 0.3) is 10.8 Å². The zero-order valence-electron chi connectivity index (χ0n) is 15.4. The highest BCUT2D eigenvalue weighted by Gasteiger charge is 2.14. The van der Waals surface area contributed by atoms with E-state index in [1.54, 1.807) is 0 Å². The van der Waals surface area contributed by atoms with E-state index in [9.17, 15) is 4.79 Å². The maximum absolute atomic E-state index is 12.4. The van der Waals surface area contributed by atoms with E-state index in [1.165, 1.54) is 16.3 Å². The summed E-state index contributed by atoms with van der Waals surface area (Å²) >= 11 is 0. The standard InChI is InChI=1S/C23H25NO2/c1-17-8-3-6-13-22(17)26-15-14-24-23(25)18(2)16-20-11-7-10-19-9-4-5-12-21(19)20/h3-13,18H,14-16H2,1-2H3,(H,24,25). The minimum absolute atomic E-state index is 0.0614. The van der Waals surface area contributed by atoms with E-state index in [0.717, 1.165) is 17.7 Å². The Morgan fingerprint density at radius 2 is 1.73 bits per heavy atom. The molecular formula is C23H25NO2. The van der Waals surface area contributed by atoms with Crippen molar-refractivity contribution in [2.24, 2.45) is 5.92 Å². The second kappa shape index (κ2) is 8.52. The van der Waals surface area contributed by atoms with Crippen LogP contribution in [-0.4, -0.2) is 19.1 Å². The van der Waals surface area contributed by atoms with Crippen molar-refractivity contribution in [2.45, 2.75) is 20.3 Å². The topological polar surface area (TPSA) is 38.3 Å². The van der Waals surface area contributed by atoms with Crippen molar-refractivity contribution >= 4 is 16.7 Å². The molecule has 0 radical (unpaired) electrons. The van der Waals surface area contributed by atoms with Gasteiger partial charge < -0.3 is 10.1 Å². The summed E-state index contributed by atoms with van der Waals surface area (Å²) in [6.07, 6.45) is 0.728. The summed E-state index contributed by atoms with van der Waals surface area (Å²) in [7, 11) is 0. The second-order valence-electron chi connectivity index (χ2n) is 6.65. The lowest BCUT2D eigenvalue weighted by Gasteiger charge is -2.14. The van der Waals surface area contributed by atoms with E-state index in [1.807, 2.05) is 50.2 Å². The number of para-hydroxylation sites is 1. The minimum atomic E-state index is -0.0840. The monoisotopic (exact) mass is 347 g/mol. The van der Waals surface area contributed by atoms with E-state index in [2.05, 4.69) is 35.6 Å². The molecule has 0 aliphatic heterocycles. The van der Waals surface area contributed by atoms with Gasteiger partial charge in [-0.25, -0.2) is 0 Å². The van der Waals surface area contributed by atoms with Crippen molar-refractivity contribution in [3.05, 3.63) is 77.9 Å². The molecule has 26 heavy (non-hydrogen) atoms. The first-order valence-corrected chi connectivity index (χ1v) is 9.08. The molecule has 0 saturated heterocycles. The van der Waals surface area contributed by atoms with Crippen LogP contribution >= 0.6 is 0 Å². The molecule has 1 atom stereocenters. The van der Waals surface area contributed by atoms with E-state index in [4.69, 9.17) is 4.74 Å². The van der Waals surface area contributed by atoms with Crippen LogP contribution in [0.3, 0.4) is 0 Å². The first kappa shape index (κ1) is 18.0. The fourth-order valence-corrected chi connectivity index (χ4v) is 3.12. The summed E-state index contributed by atoms with van der Waals surface area (Å²) in [5, 5.41) is 5.41. The molecule has 1 unspecified atom stereocenters. The summed E-state index contributed by atoms with van der Waals surface area (Å²) in [6, 6.07) is 22.5. The summed E-state index contributed by atoms with van der Waals surface area (Å²) in [4.78, 5) is 12.4.